The van der Waals surface area contributed by atoms with Gasteiger partial charge in [-0.3, -0.25) is 4.21 Å². The standard InChI is InChI=1S/C8H10O4S/c1-3-11-8(9)6-4-5-7(12-6)13(2)10/h4-5H,3H2,1-2H3. The zero-order chi connectivity index (χ0) is 9.84. The monoisotopic (exact) mass is 202 g/mol. The molecule has 0 amide bonds. The van der Waals surface area contributed by atoms with Crippen LogP contribution in [0.5, 0.6) is 0 Å². The minimum atomic E-state index is -1.20. The number of ether oxygens (including phenoxy) is 1. The van der Waals surface area contributed by atoms with Gasteiger partial charge in [0.2, 0.25) is 5.76 Å². The highest BCUT2D eigenvalue weighted by Gasteiger charge is 2.12. The van der Waals surface area contributed by atoms with E-state index in [-0.39, 0.29) is 10.9 Å². The van der Waals surface area contributed by atoms with Crippen LogP contribution in [0.2, 0.25) is 0 Å². The van der Waals surface area contributed by atoms with E-state index in [1.54, 1.807) is 6.92 Å². The van der Waals surface area contributed by atoms with Gasteiger partial charge in [0.15, 0.2) is 5.09 Å². The SMILES string of the molecule is CCOC(=O)c1ccc(S(C)=O)o1. The minimum absolute atomic E-state index is 0.0899. The summed E-state index contributed by atoms with van der Waals surface area (Å²) in [6.45, 7) is 2.00. The van der Waals surface area contributed by atoms with E-state index in [9.17, 15) is 9.00 Å². The van der Waals surface area contributed by atoms with Crippen molar-refractivity contribution in [2.45, 2.75) is 12.0 Å². The van der Waals surface area contributed by atoms with Crippen LogP contribution in [0.1, 0.15) is 17.5 Å². The van der Waals surface area contributed by atoms with Crippen LogP contribution < -0.4 is 0 Å². The Morgan fingerprint density at radius 3 is 2.77 bits per heavy atom. The fourth-order valence-corrected chi connectivity index (χ4v) is 1.25. The molecule has 13 heavy (non-hydrogen) atoms. The van der Waals surface area contributed by atoms with Gasteiger partial charge in [-0.05, 0) is 19.1 Å². The summed E-state index contributed by atoms with van der Waals surface area (Å²) in [4.78, 5) is 11.1. The molecule has 5 heteroatoms. The van der Waals surface area contributed by atoms with Crippen LogP contribution in [-0.4, -0.2) is 23.0 Å². The second kappa shape index (κ2) is 4.23. The summed E-state index contributed by atoms with van der Waals surface area (Å²) < 4.78 is 20.6. The molecule has 0 aromatic carbocycles. The Bertz CT molecular complexity index is 329. The van der Waals surface area contributed by atoms with E-state index in [1.807, 2.05) is 0 Å². The van der Waals surface area contributed by atoms with E-state index >= 15 is 0 Å². The number of carbonyl (C=O) groups excluding carboxylic acids is 1. The average Bonchev–Trinajstić information content (AvgIpc) is 2.52. The number of rotatable bonds is 3. The van der Waals surface area contributed by atoms with Crippen molar-refractivity contribution in [1.29, 1.82) is 0 Å². The lowest BCUT2D eigenvalue weighted by Gasteiger charge is -1.96. The Labute approximate surface area is 78.3 Å². The van der Waals surface area contributed by atoms with Crippen LogP contribution >= 0.6 is 0 Å². The second-order valence-corrected chi connectivity index (χ2v) is 3.60. The highest BCUT2D eigenvalue weighted by atomic mass is 32.2. The molecule has 0 fully saturated rings. The first-order valence-corrected chi connectivity index (χ1v) is 5.31. The Morgan fingerprint density at radius 1 is 1.62 bits per heavy atom. The molecule has 1 unspecified atom stereocenters. The molecule has 1 atom stereocenters. The maximum absolute atomic E-state index is 11.1. The van der Waals surface area contributed by atoms with E-state index in [4.69, 9.17) is 4.42 Å². The Morgan fingerprint density at radius 2 is 2.31 bits per heavy atom. The fraction of sp³-hybridized carbons (Fsp3) is 0.375. The van der Waals surface area contributed by atoms with Crippen LogP contribution in [0.15, 0.2) is 21.6 Å². The molecule has 0 aliphatic rings. The zero-order valence-electron chi connectivity index (χ0n) is 7.40. The van der Waals surface area contributed by atoms with E-state index in [1.165, 1.54) is 18.4 Å². The molecule has 0 aliphatic carbocycles. The van der Waals surface area contributed by atoms with Gasteiger partial charge in [0.25, 0.3) is 0 Å². The molecule has 0 bridgehead atoms. The highest BCUT2D eigenvalue weighted by Crippen LogP contribution is 2.11. The topological polar surface area (TPSA) is 56.5 Å². The highest BCUT2D eigenvalue weighted by molar-refractivity contribution is 7.84. The number of furan rings is 1. The molecule has 0 radical (unpaired) electrons. The molecule has 0 saturated heterocycles. The van der Waals surface area contributed by atoms with Crippen molar-refractivity contribution in [3.63, 3.8) is 0 Å². The summed E-state index contributed by atoms with van der Waals surface area (Å²) in [6.07, 6.45) is 1.48. The van der Waals surface area contributed by atoms with Crippen molar-refractivity contribution < 1.29 is 18.2 Å². The lowest BCUT2D eigenvalue weighted by atomic mass is 10.5. The van der Waals surface area contributed by atoms with Crippen LogP contribution in [0.3, 0.4) is 0 Å². The van der Waals surface area contributed by atoms with Gasteiger partial charge in [-0.25, -0.2) is 4.79 Å². The van der Waals surface area contributed by atoms with E-state index in [0.29, 0.717) is 6.61 Å². The van der Waals surface area contributed by atoms with Gasteiger partial charge in [-0.1, -0.05) is 0 Å². The lowest BCUT2D eigenvalue weighted by molar-refractivity contribution is 0.0484. The van der Waals surface area contributed by atoms with Crippen molar-refractivity contribution in [3.8, 4) is 0 Å². The van der Waals surface area contributed by atoms with Crippen LogP contribution in [0.4, 0.5) is 0 Å². The van der Waals surface area contributed by atoms with E-state index in [0.717, 1.165) is 0 Å². The van der Waals surface area contributed by atoms with Gasteiger partial charge in [0.1, 0.15) is 0 Å². The molecule has 1 aromatic heterocycles. The van der Waals surface area contributed by atoms with Crippen LogP contribution in [0, 0.1) is 0 Å². The first-order valence-electron chi connectivity index (χ1n) is 3.75. The normalized spacial score (nSPS) is 12.5. The molecule has 1 aromatic rings. The third-order valence-corrected chi connectivity index (χ3v) is 2.13. The van der Waals surface area contributed by atoms with Gasteiger partial charge >= 0.3 is 5.97 Å². The van der Waals surface area contributed by atoms with Gasteiger partial charge < -0.3 is 9.15 Å². The third-order valence-electron chi connectivity index (χ3n) is 1.34. The van der Waals surface area contributed by atoms with Gasteiger partial charge in [-0.15, -0.1) is 0 Å². The van der Waals surface area contributed by atoms with Crippen molar-refractivity contribution in [2.75, 3.05) is 12.9 Å². The molecular weight excluding hydrogens is 192 g/mol. The van der Waals surface area contributed by atoms with Gasteiger partial charge in [0.05, 0.1) is 17.4 Å². The average molecular weight is 202 g/mol. The molecule has 4 nitrogen and oxygen atoms in total. The van der Waals surface area contributed by atoms with Crippen molar-refractivity contribution in [1.82, 2.24) is 0 Å². The quantitative estimate of drug-likeness (QED) is 0.691. The minimum Gasteiger partial charge on any atom is -0.460 e. The maximum Gasteiger partial charge on any atom is 0.374 e. The predicted octanol–water partition coefficient (Wildman–Crippen LogP) is 1.19. The predicted molar refractivity (Wildman–Crippen MR) is 47.0 cm³/mol. The first-order chi connectivity index (χ1) is 6.15. The molecule has 0 aliphatic heterocycles. The van der Waals surface area contributed by atoms with E-state index in [2.05, 4.69) is 4.74 Å². The summed E-state index contributed by atoms with van der Waals surface area (Å²) in [7, 11) is -1.20. The number of hydrogen-bond acceptors (Lipinski definition) is 4. The van der Waals surface area contributed by atoms with E-state index < -0.39 is 16.8 Å². The summed E-state index contributed by atoms with van der Waals surface area (Å²) in [5.41, 5.74) is 0. The molecule has 1 rings (SSSR count). The molecular formula is C8H10O4S. The molecule has 0 saturated carbocycles. The summed E-state index contributed by atoms with van der Waals surface area (Å²) in [6, 6.07) is 2.96. The van der Waals surface area contributed by atoms with Crippen molar-refractivity contribution >= 4 is 16.8 Å². The number of carbonyl (C=O) groups is 1. The Balaban J connectivity index is 2.79. The van der Waals surface area contributed by atoms with Crippen LogP contribution in [-0.2, 0) is 15.5 Å². The summed E-state index contributed by atoms with van der Waals surface area (Å²) in [5, 5.41) is 0.281. The van der Waals surface area contributed by atoms with Crippen molar-refractivity contribution in [3.05, 3.63) is 17.9 Å². The Kier molecular flexibility index (Phi) is 3.25. The zero-order valence-corrected chi connectivity index (χ0v) is 8.22. The fourth-order valence-electron chi connectivity index (χ4n) is 0.787. The van der Waals surface area contributed by atoms with Crippen LogP contribution in [0.25, 0.3) is 0 Å². The molecule has 1 heterocycles. The summed E-state index contributed by atoms with van der Waals surface area (Å²) in [5.74, 6) is -0.439. The smallest absolute Gasteiger partial charge is 0.374 e. The number of hydrogen-bond donors (Lipinski definition) is 0. The molecule has 0 spiro atoms. The first kappa shape index (κ1) is 9.98. The van der Waals surface area contributed by atoms with Gasteiger partial charge in [-0.2, -0.15) is 0 Å². The maximum atomic E-state index is 11.1. The second-order valence-electron chi connectivity index (χ2n) is 2.29. The largest absolute Gasteiger partial charge is 0.460 e. The Hall–Kier alpha value is -1.10. The summed E-state index contributed by atoms with van der Waals surface area (Å²) >= 11 is 0. The third kappa shape index (κ3) is 2.42. The van der Waals surface area contributed by atoms with Crippen molar-refractivity contribution in [2.24, 2.45) is 0 Å². The number of esters is 1. The lowest BCUT2D eigenvalue weighted by Crippen LogP contribution is -2.02. The molecule has 72 valence electrons. The van der Waals surface area contributed by atoms with Gasteiger partial charge in [0, 0.05) is 6.26 Å². The molecule has 0 N–H and O–H groups in total.